The van der Waals surface area contributed by atoms with Crippen LogP contribution in [0.1, 0.15) is 32.4 Å². The van der Waals surface area contributed by atoms with Crippen LogP contribution >= 0.6 is 0 Å². The van der Waals surface area contributed by atoms with Gasteiger partial charge in [-0.15, -0.1) is 0 Å². The molecule has 2 rings (SSSR count). The van der Waals surface area contributed by atoms with Gasteiger partial charge in [0, 0.05) is 0 Å². The first-order chi connectivity index (χ1) is 9.15. The van der Waals surface area contributed by atoms with Gasteiger partial charge < -0.3 is 9.74 Å². The van der Waals surface area contributed by atoms with E-state index in [1.807, 2.05) is 30.3 Å². The van der Waals surface area contributed by atoms with Crippen LogP contribution in [0.2, 0.25) is 18.1 Å². The summed E-state index contributed by atoms with van der Waals surface area (Å²) in [4.78, 5) is 11.8. The van der Waals surface area contributed by atoms with E-state index in [0.29, 0.717) is 0 Å². The first-order valence-corrected chi connectivity index (χ1v) is 9.72. The van der Waals surface area contributed by atoms with Crippen LogP contribution in [-0.2, 0) is 9.22 Å². The smallest absolute Gasteiger partial charge is 0.251 e. The van der Waals surface area contributed by atoms with Gasteiger partial charge in [0.2, 0.25) is 0 Å². The Kier molecular flexibility index (Phi) is 4.42. The van der Waals surface area contributed by atoms with Crippen molar-refractivity contribution in [3.05, 3.63) is 35.9 Å². The molecule has 0 saturated carbocycles. The van der Waals surface area contributed by atoms with E-state index in [-0.39, 0.29) is 18.1 Å². The molecule has 1 saturated heterocycles. The third-order valence-corrected chi connectivity index (χ3v) is 8.95. The van der Waals surface area contributed by atoms with Crippen molar-refractivity contribution >= 4 is 14.2 Å². The van der Waals surface area contributed by atoms with E-state index in [2.05, 4.69) is 26.1 Å². The van der Waals surface area contributed by atoms with Gasteiger partial charge in [-0.3, -0.25) is 4.79 Å². The van der Waals surface area contributed by atoms with E-state index in [9.17, 15) is 4.79 Å². The number of rotatable bonds is 6. The fourth-order valence-electron chi connectivity index (χ4n) is 2.68. The summed E-state index contributed by atoms with van der Waals surface area (Å²) in [5.41, 5.74) is 1.14. The Hall–Kier alpha value is -1.13. The zero-order chi connectivity index (χ0) is 13.9. The average molecular weight is 277 g/mol. The number of β-lactam (4-membered cyclic amide) rings is 1. The second kappa shape index (κ2) is 5.88. The highest BCUT2D eigenvalue weighted by Gasteiger charge is 2.45. The van der Waals surface area contributed by atoms with Gasteiger partial charge in [-0.1, -0.05) is 51.1 Å². The van der Waals surface area contributed by atoms with Crippen molar-refractivity contribution in [1.29, 1.82) is 0 Å². The first-order valence-electron chi connectivity index (χ1n) is 7.19. The molecule has 19 heavy (non-hydrogen) atoms. The summed E-state index contributed by atoms with van der Waals surface area (Å²) in [6, 6.07) is 13.3. The second-order valence-electron chi connectivity index (χ2n) is 5.18. The predicted octanol–water partition coefficient (Wildman–Crippen LogP) is 3.25. The van der Waals surface area contributed by atoms with Crippen molar-refractivity contribution in [3.8, 4) is 0 Å². The quantitative estimate of drug-likeness (QED) is 0.640. The maximum Gasteiger partial charge on any atom is 0.251 e. The molecule has 0 bridgehead atoms. The molecule has 2 unspecified atom stereocenters. The van der Waals surface area contributed by atoms with Crippen molar-refractivity contribution in [1.82, 2.24) is 5.32 Å². The van der Waals surface area contributed by atoms with Crippen LogP contribution in [0.25, 0.3) is 0 Å². The normalized spacial score (nSPS) is 22.8. The molecule has 104 valence electrons. The zero-order valence-corrected chi connectivity index (χ0v) is 13.0. The third kappa shape index (κ3) is 2.74. The molecule has 1 aliphatic rings. The van der Waals surface area contributed by atoms with E-state index < -0.39 is 8.32 Å². The standard InChI is InChI=1S/C15H23NO2Si/c1-4-19(5-2,6-3)18-14-13(16-15(14)17)12-10-8-7-9-11-12/h7-11,13-14H,4-6H2,1-3H3,(H,16,17). The number of benzene rings is 1. The van der Waals surface area contributed by atoms with E-state index >= 15 is 0 Å². The van der Waals surface area contributed by atoms with Crippen molar-refractivity contribution in [2.45, 2.75) is 51.0 Å². The molecule has 0 spiro atoms. The molecule has 3 nitrogen and oxygen atoms in total. The van der Waals surface area contributed by atoms with Crippen LogP contribution < -0.4 is 5.32 Å². The Labute approximate surface area is 116 Å². The van der Waals surface area contributed by atoms with Gasteiger partial charge in [0.25, 0.3) is 5.91 Å². The van der Waals surface area contributed by atoms with Crippen molar-refractivity contribution in [2.24, 2.45) is 0 Å². The SMILES string of the molecule is CC[Si](CC)(CC)OC1C(=O)NC1c1ccccc1. The largest absolute Gasteiger partial charge is 0.403 e. The molecule has 0 radical (unpaired) electrons. The maximum atomic E-state index is 11.8. The summed E-state index contributed by atoms with van der Waals surface area (Å²) < 4.78 is 6.33. The Morgan fingerprint density at radius 3 is 2.16 bits per heavy atom. The van der Waals surface area contributed by atoms with E-state index in [0.717, 1.165) is 23.7 Å². The molecule has 1 heterocycles. The fraction of sp³-hybridized carbons (Fsp3) is 0.533. The van der Waals surface area contributed by atoms with Crippen LogP contribution in [0, 0.1) is 0 Å². The Morgan fingerprint density at radius 2 is 1.68 bits per heavy atom. The molecule has 0 aliphatic carbocycles. The van der Waals surface area contributed by atoms with Crippen molar-refractivity contribution in [3.63, 3.8) is 0 Å². The van der Waals surface area contributed by atoms with Gasteiger partial charge in [-0.25, -0.2) is 0 Å². The first kappa shape index (κ1) is 14.3. The molecule has 4 heteroatoms. The number of hydrogen-bond acceptors (Lipinski definition) is 2. The summed E-state index contributed by atoms with van der Waals surface area (Å²) in [5, 5.41) is 2.96. The summed E-state index contributed by atoms with van der Waals surface area (Å²) in [5.74, 6) is 0.0427. The van der Waals surface area contributed by atoms with Gasteiger partial charge in [0.15, 0.2) is 8.32 Å². The predicted molar refractivity (Wildman–Crippen MR) is 79.4 cm³/mol. The maximum absolute atomic E-state index is 11.8. The van der Waals surface area contributed by atoms with Crippen molar-refractivity contribution in [2.75, 3.05) is 0 Å². The van der Waals surface area contributed by atoms with Crippen LogP contribution in [-0.4, -0.2) is 20.3 Å². The van der Waals surface area contributed by atoms with Gasteiger partial charge in [-0.2, -0.15) is 0 Å². The molecule has 1 fully saturated rings. The van der Waals surface area contributed by atoms with Gasteiger partial charge in [0.05, 0.1) is 6.04 Å². The molecule has 1 amide bonds. The van der Waals surface area contributed by atoms with Crippen LogP contribution in [0.15, 0.2) is 30.3 Å². The van der Waals surface area contributed by atoms with E-state index in [1.165, 1.54) is 0 Å². The lowest BCUT2D eigenvalue weighted by molar-refractivity contribution is -0.141. The number of nitrogens with one attached hydrogen (secondary N) is 1. The highest BCUT2D eigenvalue weighted by Crippen LogP contribution is 2.33. The summed E-state index contributed by atoms with van der Waals surface area (Å²) in [6.07, 6.45) is -0.283. The van der Waals surface area contributed by atoms with Crippen LogP contribution in [0.4, 0.5) is 0 Å². The molecule has 0 aromatic heterocycles. The highest BCUT2D eigenvalue weighted by molar-refractivity contribution is 6.73. The minimum atomic E-state index is -1.73. The molecular weight excluding hydrogens is 254 g/mol. The minimum absolute atomic E-state index is 0.0326. The van der Waals surface area contributed by atoms with E-state index in [4.69, 9.17) is 4.43 Å². The molecule has 2 atom stereocenters. The lowest BCUT2D eigenvalue weighted by atomic mass is 9.94. The lowest BCUT2D eigenvalue weighted by Crippen LogP contribution is -2.60. The van der Waals surface area contributed by atoms with Crippen LogP contribution in [0.5, 0.6) is 0 Å². The van der Waals surface area contributed by atoms with Crippen molar-refractivity contribution < 1.29 is 9.22 Å². The van der Waals surface area contributed by atoms with Crippen LogP contribution in [0.3, 0.4) is 0 Å². The summed E-state index contributed by atoms with van der Waals surface area (Å²) in [7, 11) is -1.73. The minimum Gasteiger partial charge on any atom is -0.403 e. The fourth-order valence-corrected chi connectivity index (χ4v) is 5.46. The summed E-state index contributed by atoms with van der Waals surface area (Å²) >= 11 is 0. The van der Waals surface area contributed by atoms with E-state index in [1.54, 1.807) is 0 Å². The topological polar surface area (TPSA) is 38.3 Å². The number of hydrogen-bond donors (Lipinski definition) is 1. The average Bonchev–Trinajstić information content (AvgIpc) is 2.47. The Balaban J connectivity index is 2.12. The monoisotopic (exact) mass is 277 g/mol. The molecule has 1 aromatic rings. The number of carbonyl (C=O) groups excluding carboxylic acids is 1. The third-order valence-electron chi connectivity index (χ3n) is 4.33. The zero-order valence-electron chi connectivity index (χ0n) is 12.0. The van der Waals surface area contributed by atoms with Gasteiger partial charge in [0.1, 0.15) is 6.10 Å². The number of amides is 1. The van der Waals surface area contributed by atoms with Gasteiger partial charge in [-0.05, 0) is 23.7 Å². The lowest BCUT2D eigenvalue weighted by Gasteiger charge is -2.42. The summed E-state index contributed by atoms with van der Waals surface area (Å²) in [6.45, 7) is 6.56. The Morgan fingerprint density at radius 1 is 1.11 bits per heavy atom. The Bertz CT molecular complexity index is 423. The second-order valence-corrected chi connectivity index (χ2v) is 9.90. The molecular formula is C15H23NO2Si. The molecule has 1 N–H and O–H groups in total. The highest BCUT2D eigenvalue weighted by atomic mass is 28.4. The van der Waals surface area contributed by atoms with Gasteiger partial charge >= 0.3 is 0 Å². The molecule has 1 aliphatic heterocycles. The number of carbonyl (C=O) groups is 1. The molecule has 1 aromatic carbocycles.